The highest BCUT2D eigenvalue weighted by molar-refractivity contribution is 7.80. The predicted molar refractivity (Wildman–Crippen MR) is 90.1 cm³/mol. The van der Waals surface area contributed by atoms with Gasteiger partial charge in [0.1, 0.15) is 0 Å². The van der Waals surface area contributed by atoms with Gasteiger partial charge in [-0.2, -0.15) is 0 Å². The second-order valence-corrected chi connectivity index (χ2v) is 5.76. The molecule has 0 bridgehead atoms. The molecular formula is C16H17N3O3S. The van der Waals surface area contributed by atoms with Crippen LogP contribution in [0.1, 0.15) is 0 Å². The number of thiocarbonyl (C=S) groups is 1. The number of allylic oxidation sites excluding steroid dienone is 1. The van der Waals surface area contributed by atoms with Crippen LogP contribution in [0.4, 0.5) is 0 Å². The van der Waals surface area contributed by atoms with Crippen molar-refractivity contribution in [3.63, 3.8) is 0 Å². The van der Waals surface area contributed by atoms with Gasteiger partial charge in [-0.05, 0) is 18.3 Å². The molecule has 0 aromatic rings. The van der Waals surface area contributed by atoms with E-state index in [0.717, 1.165) is 0 Å². The summed E-state index contributed by atoms with van der Waals surface area (Å²) in [5, 5.41) is 0.214. The van der Waals surface area contributed by atoms with E-state index in [-0.39, 0.29) is 16.9 Å². The molecule has 2 aliphatic heterocycles. The van der Waals surface area contributed by atoms with Crippen LogP contribution < -0.4 is 0 Å². The second kappa shape index (κ2) is 6.55. The fourth-order valence-electron chi connectivity index (χ4n) is 2.72. The average molecular weight is 331 g/mol. The molecule has 1 saturated heterocycles. The molecule has 0 spiro atoms. The third-order valence-electron chi connectivity index (χ3n) is 3.93. The molecule has 3 rings (SSSR count). The summed E-state index contributed by atoms with van der Waals surface area (Å²) < 4.78 is 5.26. The molecule has 0 aromatic carbocycles. The van der Waals surface area contributed by atoms with Gasteiger partial charge < -0.3 is 9.64 Å². The lowest BCUT2D eigenvalue weighted by molar-refractivity contribution is -0.131. The summed E-state index contributed by atoms with van der Waals surface area (Å²) in [5.74, 6) is -0.689. The summed E-state index contributed by atoms with van der Waals surface area (Å²) in [6.45, 7) is 6.20. The molecule has 1 unspecified atom stereocenters. The van der Waals surface area contributed by atoms with E-state index < -0.39 is 5.92 Å². The zero-order chi connectivity index (χ0) is 16.4. The topological polar surface area (TPSA) is 62.2 Å². The van der Waals surface area contributed by atoms with Gasteiger partial charge in [0.2, 0.25) is 11.0 Å². The van der Waals surface area contributed by atoms with Crippen LogP contribution in [0.5, 0.6) is 0 Å². The Morgan fingerprint density at radius 1 is 1.48 bits per heavy atom. The van der Waals surface area contributed by atoms with Gasteiger partial charge in [0.15, 0.2) is 0 Å². The van der Waals surface area contributed by atoms with Gasteiger partial charge in [-0.1, -0.05) is 18.2 Å². The lowest BCUT2D eigenvalue weighted by Crippen LogP contribution is -2.46. The maximum Gasteiger partial charge on any atom is 0.254 e. The number of carbonyl (C=O) groups is 2. The smallest absolute Gasteiger partial charge is 0.254 e. The van der Waals surface area contributed by atoms with Gasteiger partial charge in [-0.15, -0.1) is 6.58 Å². The maximum absolute atomic E-state index is 12.5. The third-order valence-corrected chi connectivity index (χ3v) is 4.25. The Hall–Kier alpha value is -2.12. The summed E-state index contributed by atoms with van der Waals surface area (Å²) >= 11 is 5.17. The van der Waals surface area contributed by atoms with Crippen LogP contribution in [0, 0.1) is 5.92 Å². The van der Waals surface area contributed by atoms with E-state index in [0.29, 0.717) is 44.1 Å². The number of aliphatic imine (C=N–C) groups is 1. The van der Waals surface area contributed by atoms with E-state index >= 15 is 0 Å². The first-order chi connectivity index (χ1) is 11.1. The second-order valence-electron chi connectivity index (χ2n) is 5.40. The average Bonchev–Trinajstić information content (AvgIpc) is 2.58. The van der Waals surface area contributed by atoms with Crippen molar-refractivity contribution in [1.29, 1.82) is 0 Å². The molecular weight excluding hydrogens is 314 g/mol. The number of ether oxygens (including phenoxy) is 1. The van der Waals surface area contributed by atoms with Gasteiger partial charge in [0.05, 0.1) is 24.8 Å². The van der Waals surface area contributed by atoms with Crippen molar-refractivity contribution in [3.05, 3.63) is 36.5 Å². The molecule has 1 aliphatic carbocycles. The quantitative estimate of drug-likeness (QED) is 0.564. The monoisotopic (exact) mass is 331 g/mol. The van der Waals surface area contributed by atoms with E-state index in [1.54, 1.807) is 29.2 Å². The lowest BCUT2D eigenvalue weighted by Gasteiger charge is -2.31. The minimum atomic E-state index is -0.483. The van der Waals surface area contributed by atoms with Crippen molar-refractivity contribution < 1.29 is 14.3 Å². The minimum Gasteiger partial charge on any atom is -0.378 e. The van der Waals surface area contributed by atoms with Crippen LogP contribution in [0.2, 0.25) is 0 Å². The molecule has 0 radical (unpaired) electrons. The summed E-state index contributed by atoms with van der Waals surface area (Å²) in [6.07, 6.45) is 6.69. The van der Waals surface area contributed by atoms with Crippen molar-refractivity contribution in [2.24, 2.45) is 10.9 Å². The third kappa shape index (κ3) is 3.02. The van der Waals surface area contributed by atoms with Crippen molar-refractivity contribution in [3.8, 4) is 0 Å². The molecule has 6 nitrogen and oxygen atoms in total. The van der Waals surface area contributed by atoms with Gasteiger partial charge in [0, 0.05) is 25.2 Å². The lowest BCUT2D eigenvalue weighted by atomic mass is 9.91. The van der Waals surface area contributed by atoms with Gasteiger partial charge in [-0.25, -0.2) is 4.99 Å². The molecule has 0 N–H and O–H groups in total. The van der Waals surface area contributed by atoms with Crippen LogP contribution in [0.25, 0.3) is 0 Å². The first-order valence-corrected chi connectivity index (χ1v) is 7.84. The first-order valence-electron chi connectivity index (χ1n) is 7.43. The summed E-state index contributed by atoms with van der Waals surface area (Å²) in [5.41, 5.74) is 1.05. The van der Waals surface area contributed by atoms with E-state index in [1.165, 1.54) is 4.90 Å². The Bertz CT molecular complexity index is 659. The standard InChI is InChI=1S/C16H17N3O3S/c1-2-5-19-15(21)12-4-3-11(10-13(12)17-16(19)23)14(20)18-6-8-22-9-7-18/h2-4,10,12H,1,5-9H2. The van der Waals surface area contributed by atoms with Gasteiger partial charge >= 0.3 is 0 Å². The number of fused-ring (bicyclic) bond motifs is 1. The fraction of sp³-hybridized carbons (Fsp3) is 0.375. The number of morpholine rings is 1. The molecule has 1 fully saturated rings. The molecule has 2 heterocycles. The van der Waals surface area contributed by atoms with Crippen LogP contribution in [-0.4, -0.2) is 65.3 Å². The van der Waals surface area contributed by atoms with Crippen molar-refractivity contribution in [1.82, 2.24) is 9.80 Å². The number of amides is 2. The van der Waals surface area contributed by atoms with Crippen LogP contribution in [-0.2, 0) is 14.3 Å². The fourth-order valence-corrected chi connectivity index (χ4v) is 2.99. The van der Waals surface area contributed by atoms with E-state index in [9.17, 15) is 9.59 Å². The zero-order valence-corrected chi connectivity index (χ0v) is 13.4. The van der Waals surface area contributed by atoms with Crippen LogP contribution in [0.3, 0.4) is 0 Å². The molecule has 2 amide bonds. The summed E-state index contributed by atoms with van der Waals surface area (Å²) in [6, 6.07) is 0. The molecule has 23 heavy (non-hydrogen) atoms. The number of carbonyl (C=O) groups excluding carboxylic acids is 2. The van der Waals surface area contributed by atoms with E-state index in [4.69, 9.17) is 17.0 Å². The van der Waals surface area contributed by atoms with Gasteiger partial charge in [-0.3, -0.25) is 14.5 Å². The van der Waals surface area contributed by atoms with Crippen molar-refractivity contribution >= 4 is 34.9 Å². The minimum absolute atomic E-state index is 0.0717. The molecule has 7 heteroatoms. The Morgan fingerprint density at radius 3 is 2.91 bits per heavy atom. The molecule has 0 aromatic heterocycles. The van der Waals surface area contributed by atoms with Gasteiger partial charge in [0.25, 0.3) is 5.91 Å². The highest BCUT2D eigenvalue weighted by atomic mass is 32.1. The number of nitrogens with zero attached hydrogens (tertiary/aromatic N) is 3. The number of hydrogen-bond donors (Lipinski definition) is 0. The summed E-state index contributed by atoms with van der Waals surface area (Å²) in [4.78, 5) is 32.4. The van der Waals surface area contributed by atoms with Crippen molar-refractivity contribution in [2.75, 3.05) is 32.8 Å². The SMILES string of the molecule is C=CCN1C(=O)C2C=CC(C(=O)N3CCOCC3)=CC2=NC1=S. The highest BCUT2D eigenvalue weighted by Crippen LogP contribution is 2.23. The Balaban J connectivity index is 1.83. The van der Waals surface area contributed by atoms with E-state index in [2.05, 4.69) is 11.6 Å². The Labute approximate surface area is 139 Å². The Morgan fingerprint density at radius 2 is 2.22 bits per heavy atom. The molecule has 3 aliphatic rings. The number of hydrogen-bond acceptors (Lipinski definition) is 4. The largest absolute Gasteiger partial charge is 0.378 e. The van der Waals surface area contributed by atoms with Crippen LogP contribution in [0.15, 0.2) is 41.4 Å². The first kappa shape index (κ1) is 15.8. The number of rotatable bonds is 3. The van der Waals surface area contributed by atoms with E-state index in [1.807, 2.05) is 0 Å². The molecule has 120 valence electrons. The normalized spacial score (nSPS) is 24.1. The summed E-state index contributed by atoms with van der Waals surface area (Å²) in [7, 11) is 0. The van der Waals surface area contributed by atoms with Crippen LogP contribution >= 0.6 is 12.2 Å². The highest BCUT2D eigenvalue weighted by Gasteiger charge is 2.35. The van der Waals surface area contributed by atoms with Crippen molar-refractivity contribution in [2.45, 2.75) is 0 Å². The molecule has 0 saturated carbocycles. The Kier molecular flexibility index (Phi) is 4.49. The zero-order valence-electron chi connectivity index (χ0n) is 12.6. The molecule has 1 atom stereocenters. The maximum atomic E-state index is 12.5. The predicted octanol–water partition coefficient (Wildman–Crippen LogP) is 0.712.